The van der Waals surface area contributed by atoms with Crippen LogP contribution in [0.15, 0.2) is 35.3 Å². The van der Waals surface area contributed by atoms with Crippen molar-refractivity contribution in [2.24, 2.45) is 0 Å². The van der Waals surface area contributed by atoms with E-state index in [-0.39, 0.29) is 17.1 Å². The molecule has 1 unspecified atom stereocenters. The zero-order valence-corrected chi connectivity index (χ0v) is 17.4. The van der Waals surface area contributed by atoms with Crippen molar-refractivity contribution < 1.29 is 4.74 Å². The zero-order chi connectivity index (χ0) is 20.6. The number of nitrogens with zero attached hydrogens (tertiary/aromatic N) is 4. The van der Waals surface area contributed by atoms with E-state index in [0.717, 1.165) is 31.9 Å². The molecule has 0 bridgehead atoms. The van der Waals surface area contributed by atoms with Crippen LogP contribution in [0.2, 0.25) is 0 Å². The molecule has 2 aromatic heterocycles. The Morgan fingerprint density at radius 1 is 1.17 bits per heavy atom. The highest BCUT2D eigenvalue weighted by molar-refractivity contribution is 5.74. The standard InChI is InChI=1S/C21H28N6O2/c1-14(15-5-7-16(8-6-15)26-9-11-29-12-10-26)23-20-24-18-17(19(28)25-20)13-22-27(18)21(2,3)4/h5-8,13-14H,9-12H2,1-4H3,(H2,23,24,25,28). The summed E-state index contributed by atoms with van der Waals surface area (Å²) in [6.07, 6.45) is 1.57. The van der Waals surface area contributed by atoms with E-state index in [2.05, 4.69) is 56.5 Å². The van der Waals surface area contributed by atoms with E-state index in [1.54, 1.807) is 10.9 Å². The van der Waals surface area contributed by atoms with Crippen molar-refractivity contribution in [1.29, 1.82) is 0 Å². The van der Waals surface area contributed by atoms with Gasteiger partial charge >= 0.3 is 0 Å². The van der Waals surface area contributed by atoms with Crippen LogP contribution in [0, 0.1) is 0 Å². The third kappa shape index (κ3) is 3.98. The molecule has 1 saturated heterocycles. The molecule has 1 atom stereocenters. The topological polar surface area (TPSA) is 88.1 Å². The lowest BCUT2D eigenvalue weighted by Gasteiger charge is -2.29. The van der Waals surface area contributed by atoms with Crippen LogP contribution in [0.3, 0.4) is 0 Å². The number of morpholine rings is 1. The molecule has 0 aliphatic carbocycles. The monoisotopic (exact) mass is 396 g/mol. The molecule has 3 aromatic rings. The lowest BCUT2D eigenvalue weighted by atomic mass is 10.1. The van der Waals surface area contributed by atoms with Crippen LogP contribution < -0.4 is 15.8 Å². The van der Waals surface area contributed by atoms with Crippen molar-refractivity contribution in [3.63, 3.8) is 0 Å². The second kappa shape index (κ2) is 7.51. The second-order valence-electron chi connectivity index (χ2n) is 8.44. The van der Waals surface area contributed by atoms with Crippen molar-refractivity contribution in [1.82, 2.24) is 19.7 Å². The summed E-state index contributed by atoms with van der Waals surface area (Å²) in [7, 11) is 0. The first-order valence-electron chi connectivity index (χ1n) is 10.0. The molecule has 8 heteroatoms. The molecule has 1 fully saturated rings. The smallest absolute Gasteiger partial charge is 0.263 e. The van der Waals surface area contributed by atoms with Gasteiger partial charge in [0.2, 0.25) is 5.95 Å². The first-order valence-corrected chi connectivity index (χ1v) is 10.0. The third-order valence-electron chi connectivity index (χ3n) is 5.20. The Morgan fingerprint density at radius 3 is 2.52 bits per heavy atom. The minimum atomic E-state index is -0.263. The summed E-state index contributed by atoms with van der Waals surface area (Å²) in [6.45, 7) is 11.5. The Labute approximate surface area is 169 Å². The van der Waals surface area contributed by atoms with Gasteiger partial charge in [0.15, 0.2) is 5.65 Å². The molecular formula is C21H28N6O2. The minimum Gasteiger partial charge on any atom is -0.378 e. The summed E-state index contributed by atoms with van der Waals surface area (Å²) in [4.78, 5) is 22.3. The van der Waals surface area contributed by atoms with Crippen molar-refractivity contribution in [2.45, 2.75) is 39.3 Å². The van der Waals surface area contributed by atoms with Gasteiger partial charge in [0.05, 0.1) is 31.0 Å². The Kier molecular flexibility index (Phi) is 5.04. The number of aromatic amines is 1. The SMILES string of the molecule is CC(Nc1nc2c(cnn2C(C)(C)C)c(=O)[nH]1)c1ccc(N2CCOCC2)cc1. The highest BCUT2D eigenvalue weighted by Gasteiger charge is 2.20. The number of ether oxygens (including phenoxy) is 1. The van der Waals surface area contributed by atoms with Gasteiger partial charge in [-0.15, -0.1) is 0 Å². The summed E-state index contributed by atoms with van der Waals surface area (Å²) in [5, 5.41) is 8.16. The fraction of sp³-hybridized carbons (Fsp3) is 0.476. The van der Waals surface area contributed by atoms with E-state index in [1.165, 1.54) is 5.69 Å². The Bertz CT molecular complexity index is 1040. The van der Waals surface area contributed by atoms with Gasteiger partial charge in [-0.3, -0.25) is 9.78 Å². The van der Waals surface area contributed by atoms with Crippen LogP contribution in [0.5, 0.6) is 0 Å². The molecule has 0 saturated carbocycles. The molecule has 3 heterocycles. The van der Waals surface area contributed by atoms with E-state index in [9.17, 15) is 4.79 Å². The number of benzene rings is 1. The molecule has 29 heavy (non-hydrogen) atoms. The maximum atomic E-state index is 12.5. The first kappa shape index (κ1) is 19.4. The van der Waals surface area contributed by atoms with Crippen molar-refractivity contribution in [3.8, 4) is 0 Å². The van der Waals surface area contributed by atoms with Crippen LogP contribution in [0.25, 0.3) is 11.0 Å². The molecular weight excluding hydrogens is 368 g/mol. The normalized spacial score (nSPS) is 16.2. The predicted octanol–water partition coefficient (Wildman–Crippen LogP) is 2.88. The van der Waals surface area contributed by atoms with Crippen molar-refractivity contribution >= 4 is 22.7 Å². The average Bonchev–Trinajstić information content (AvgIpc) is 3.14. The van der Waals surface area contributed by atoms with Gasteiger partial charge < -0.3 is 15.0 Å². The number of hydrogen-bond acceptors (Lipinski definition) is 6. The maximum absolute atomic E-state index is 12.5. The second-order valence-corrected chi connectivity index (χ2v) is 8.44. The van der Waals surface area contributed by atoms with E-state index in [0.29, 0.717) is 17.0 Å². The number of H-pyrrole nitrogens is 1. The van der Waals surface area contributed by atoms with Gasteiger partial charge in [0, 0.05) is 18.8 Å². The summed E-state index contributed by atoms with van der Waals surface area (Å²) < 4.78 is 7.20. The summed E-state index contributed by atoms with van der Waals surface area (Å²) in [5.74, 6) is 0.443. The first-order chi connectivity index (χ1) is 13.8. The number of aromatic nitrogens is 4. The molecule has 4 rings (SSSR count). The summed E-state index contributed by atoms with van der Waals surface area (Å²) in [5.41, 5.74) is 2.45. The van der Waals surface area contributed by atoms with Gasteiger partial charge in [-0.05, 0) is 45.4 Å². The Hall–Kier alpha value is -2.87. The van der Waals surface area contributed by atoms with Crippen molar-refractivity contribution in [2.75, 3.05) is 36.5 Å². The lowest BCUT2D eigenvalue weighted by molar-refractivity contribution is 0.122. The van der Waals surface area contributed by atoms with E-state index < -0.39 is 0 Å². The highest BCUT2D eigenvalue weighted by Crippen LogP contribution is 2.23. The molecule has 1 aliphatic heterocycles. The minimum absolute atomic E-state index is 0.0136. The van der Waals surface area contributed by atoms with Crippen LogP contribution in [-0.2, 0) is 10.3 Å². The molecule has 0 radical (unpaired) electrons. The van der Waals surface area contributed by atoms with Crippen LogP contribution in [0.4, 0.5) is 11.6 Å². The summed E-state index contributed by atoms with van der Waals surface area (Å²) >= 11 is 0. The quantitative estimate of drug-likeness (QED) is 0.705. The average molecular weight is 396 g/mol. The maximum Gasteiger partial charge on any atom is 0.263 e. The molecule has 1 aliphatic rings. The fourth-order valence-corrected chi connectivity index (χ4v) is 3.56. The van der Waals surface area contributed by atoms with Crippen molar-refractivity contribution in [3.05, 3.63) is 46.4 Å². The molecule has 154 valence electrons. The Balaban J connectivity index is 1.55. The predicted molar refractivity (Wildman–Crippen MR) is 115 cm³/mol. The van der Waals surface area contributed by atoms with Gasteiger partial charge in [-0.1, -0.05) is 12.1 Å². The largest absolute Gasteiger partial charge is 0.378 e. The number of anilines is 2. The van der Waals surface area contributed by atoms with Crippen LogP contribution >= 0.6 is 0 Å². The van der Waals surface area contributed by atoms with E-state index in [1.807, 2.05) is 20.8 Å². The van der Waals surface area contributed by atoms with Gasteiger partial charge in [-0.2, -0.15) is 10.1 Å². The molecule has 2 N–H and O–H groups in total. The molecule has 8 nitrogen and oxygen atoms in total. The van der Waals surface area contributed by atoms with Crippen LogP contribution in [-0.4, -0.2) is 46.1 Å². The van der Waals surface area contributed by atoms with Gasteiger partial charge in [-0.25, -0.2) is 4.68 Å². The Morgan fingerprint density at radius 2 is 1.86 bits per heavy atom. The highest BCUT2D eigenvalue weighted by atomic mass is 16.5. The number of rotatable bonds is 4. The van der Waals surface area contributed by atoms with E-state index in [4.69, 9.17) is 4.74 Å². The fourth-order valence-electron chi connectivity index (χ4n) is 3.56. The number of fused-ring (bicyclic) bond motifs is 1. The summed E-state index contributed by atoms with van der Waals surface area (Å²) in [6, 6.07) is 8.47. The molecule has 1 aromatic carbocycles. The van der Waals surface area contributed by atoms with Gasteiger partial charge in [0.1, 0.15) is 5.39 Å². The lowest BCUT2D eigenvalue weighted by Crippen LogP contribution is -2.36. The molecule has 0 spiro atoms. The zero-order valence-electron chi connectivity index (χ0n) is 17.4. The number of hydrogen-bond donors (Lipinski definition) is 2. The van der Waals surface area contributed by atoms with Crippen LogP contribution in [0.1, 0.15) is 39.3 Å². The molecule has 0 amide bonds. The third-order valence-corrected chi connectivity index (χ3v) is 5.20. The van der Waals surface area contributed by atoms with Gasteiger partial charge in [0.25, 0.3) is 5.56 Å². The number of nitrogens with one attached hydrogen (secondary N) is 2. The van der Waals surface area contributed by atoms with E-state index >= 15 is 0 Å².